The molecule has 0 saturated carbocycles. The number of amides is 1. The minimum absolute atomic E-state index is 0.00728. The van der Waals surface area contributed by atoms with Crippen LogP contribution in [0.2, 0.25) is 0 Å². The van der Waals surface area contributed by atoms with Gasteiger partial charge in [0.25, 0.3) is 0 Å². The van der Waals surface area contributed by atoms with Crippen LogP contribution in [0.4, 0.5) is 18.9 Å². The lowest BCUT2D eigenvalue weighted by Crippen LogP contribution is -2.39. The highest BCUT2D eigenvalue weighted by Gasteiger charge is 2.33. The number of carbonyl (C=O) groups is 1. The van der Waals surface area contributed by atoms with Crippen LogP contribution in [0.25, 0.3) is 10.9 Å². The molecule has 2 fully saturated rings. The first kappa shape index (κ1) is 32.3. The monoisotopic (exact) mass is 612 g/mol. The molecule has 234 valence electrons. The van der Waals surface area contributed by atoms with Crippen molar-refractivity contribution >= 4 is 32.5 Å². The van der Waals surface area contributed by atoms with E-state index in [0.29, 0.717) is 44.8 Å². The number of rotatable bonds is 12. The van der Waals surface area contributed by atoms with Crippen LogP contribution in [-0.4, -0.2) is 60.9 Å². The van der Waals surface area contributed by atoms with Crippen LogP contribution < -0.4 is 15.8 Å². The number of halogens is 3. The molecule has 1 N–H and O–H groups in total. The summed E-state index contributed by atoms with van der Waals surface area (Å²) in [4.78, 5) is 25.9. The van der Waals surface area contributed by atoms with Gasteiger partial charge >= 0.3 is 5.56 Å². The molecule has 0 bridgehead atoms. The van der Waals surface area contributed by atoms with E-state index in [-0.39, 0.29) is 50.7 Å². The highest BCUT2D eigenvalue weighted by molar-refractivity contribution is 7.89. The molecule has 2 aliphatic heterocycles. The maximum atomic E-state index is 15.7. The molecule has 8 nitrogen and oxygen atoms in total. The van der Waals surface area contributed by atoms with Crippen LogP contribution in [0.5, 0.6) is 0 Å². The number of benzene rings is 1. The quantitative estimate of drug-likeness (QED) is 0.356. The Morgan fingerprint density at radius 1 is 1.05 bits per heavy atom. The van der Waals surface area contributed by atoms with Gasteiger partial charge in [0.2, 0.25) is 15.9 Å². The zero-order valence-electron chi connectivity index (χ0n) is 24.8. The number of nitrogens with zero attached hydrogens (tertiary/aromatic N) is 3. The summed E-state index contributed by atoms with van der Waals surface area (Å²) in [7, 11) is -3.16. The molecule has 0 aliphatic carbocycles. The van der Waals surface area contributed by atoms with E-state index >= 15 is 4.39 Å². The topological polar surface area (TPSA) is 91.7 Å². The van der Waals surface area contributed by atoms with Gasteiger partial charge in [0.05, 0.1) is 17.0 Å². The fourth-order valence-electron chi connectivity index (χ4n) is 6.48. The van der Waals surface area contributed by atoms with Gasteiger partial charge < -0.3 is 10.2 Å². The number of pyridine rings is 1. The van der Waals surface area contributed by atoms with E-state index in [9.17, 15) is 26.9 Å². The molecule has 1 aromatic carbocycles. The summed E-state index contributed by atoms with van der Waals surface area (Å²) in [5.74, 6) is -1.48. The van der Waals surface area contributed by atoms with E-state index in [4.69, 9.17) is 0 Å². The molecule has 12 heteroatoms. The van der Waals surface area contributed by atoms with Crippen molar-refractivity contribution in [1.82, 2.24) is 14.4 Å². The van der Waals surface area contributed by atoms with Crippen molar-refractivity contribution in [1.29, 1.82) is 0 Å². The van der Waals surface area contributed by atoms with E-state index in [0.717, 1.165) is 44.9 Å². The number of unbranched alkanes of at least 4 members (excludes halogenated alkanes) is 1. The first-order chi connectivity index (χ1) is 20.0. The second-order valence-electron chi connectivity index (χ2n) is 11.8. The SMILES string of the molecule is CCCCS(=O)(=O)N1CCC(CCCC(=O)NCC[C@H]2CC[C@@H](C)N2c2ccc3c(c(C)c(F)c(=O)n3F)c2F)CC1. The Bertz CT molecular complexity index is 1440. The molecule has 2 saturated heterocycles. The number of carbonyl (C=O) groups excluding carboxylic acids is 1. The van der Waals surface area contributed by atoms with Gasteiger partial charge in [-0.25, -0.2) is 21.5 Å². The Hall–Kier alpha value is -2.60. The largest absolute Gasteiger partial charge is 0.363 e. The Kier molecular flexibility index (Phi) is 10.6. The fourth-order valence-corrected chi connectivity index (χ4v) is 8.16. The van der Waals surface area contributed by atoms with E-state index < -0.39 is 27.2 Å². The first-order valence-electron chi connectivity index (χ1n) is 15.2. The van der Waals surface area contributed by atoms with Crippen LogP contribution in [0, 0.1) is 24.5 Å². The third-order valence-electron chi connectivity index (χ3n) is 8.98. The summed E-state index contributed by atoms with van der Waals surface area (Å²) in [5.41, 5.74) is -1.73. The number of nitrogens with one attached hydrogen (secondary N) is 1. The lowest BCUT2D eigenvalue weighted by molar-refractivity contribution is -0.121. The number of piperidine rings is 1. The van der Waals surface area contributed by atoms with Crippen LogP contribution in [0.3, 0.4) is 0 Å². The summed E-state index contributed by atoms with van der Waals surface area (Å²) >= 11 is 0. The molecule has 0 spiro atoms. The average Bonchev–Trinajstić information content (AvgIpc) is 3.33. The van der Waals surface area contributed by atoms with Crippen molar-refractivity contribution in [2.24, 2.45) is 5.92 Å². The van der Waals surface area contributed by atoms with Crippen molar-refractivity contribution in [2.45, 2.75) is 97.1 Å². The molecule has 1 amide bonds. The van der Waals surface area contributed by atoms with Crippen LogP contribution >= 0.6 is 0 Å². The molecule has 1 aromatic heterocycles. The number of hydrogen-bond donors (Lipinski definition) is 1. The number of fused-ring (bicyclic) bond motifs is 1. The van der Waals surface area contributed by atoms with E-state index in [2.05, 4.69) is 5.32 Å². The molecule has 2 aromatic rings. The van der Waals surface area contributed by atoms with Gasteiger partial charge in [0.15, 0.2) is 11.6 Å². The first-order valence-corrected chi connectivity index (χ1v) is 16.8. The van der Waals surface area contributed by atoms with E-state index in [1.807, 2.05) is 18.7 Å². The highest BCUT2D eigenvalue weighted by Crippen LogP contribution is 2.37. The molecule has 2 aliphatic rings. The minimum Gasteiger partial charge on any atom is -0.363 e. The second kappa shape index (κ2) is 13.8. The zero-order chi connectivity index (χ0) is 30.6. The van der Waals surface area contributed by atoms with Gasteiger partial charge in [-0.15, -0.1) is 4.79 Å². The van der Waals surface area contributed by atoms with Gasteiger partial charge in [-0.2, -0.15) is 0 Å². The van der Waals surface area contributed by atoms with E-state index in [1.165, 1.54) is 19.1 Å². The van der Waals surface area contributed by atoms with Gasteiger partial charge in [-0.1, -0.05) is 17.8 Å². The Labute approximate surface area is 246 Å². The summed E-state index contributed by atoms with van der Waals surface area (Å²) in [6.45, 7) is 6.76. The Morgan fingerprint density at radius 3 is 2.45 bits per heavy atom. The lowest BCUT2D eigenvalue weighted by atomic mass is 9.92. The smallest absolute Gasteiger partial charge is 0.315 e. The predicted molar refractivity (Wildman–Crippen MR) is 159 cm³/mol. The molecule has 2 atom stereocenters. The molecule has 42 heavy (non-hydrogen) atoms. The van der Waals surface area contributed by atoms with Gasteiger partial charge in [0.1, 0.15) is 0 Å². The Balaban J connectivity index is 1.26. The highest BCUT2D eigenvalue weighted by atomic mass is 32.2. The van der Waals surface area contributed by atoms with Crippen molar-refractivity contribution in [3.63, 3.8) is 0 Å². The van der Waals surface area contributed by atoms with Gasteiger partial charge in [-0.05, 0) is 83.3 Å². The molecule has 0 radical (unpaired) electrons. The second-order valence-corrected chi connectivity index (χ2v) is 13.9. The van der Waals surface area contributed by atoms with Gasteiger partial charge in [0, 0.05) is 49.1 Å². The van der Waals surface area contributed by atoms with Crippen molar-refractivity contribution in [3.05, 3.63) is 39.7 Å². The summed E-state index contributed by atoms with van der Waals surface area (Å²) < 4.78 is 70.7. The summed E-state index contributed by atoms with van der Waals surface area (Å²) in [6, 6.07) is 2.67. The maximum Gasteiger partial charge on any atom is 0.315 e. The van der Waals surface area contributed by atoms with Crippen molar-refractivity contribution < 1.29 is 26.5 Å². The standard InChI is InChI=1S/C30H43F3N4O4S/c1-4-5-19-42(40,41)35-17-14-22(15-18-35)7-6-8-26(38)34-16-13-23-10-9-20(2)36(23)25-12-11-24-27(29(25)32)21(3)28(31)30(39)37(24)33/h11-12,20,22-23H,4-10,13-19H2,1-3H3,(H,34,38)/t20-,23-/m1/s1. The van der Waals surface area contributed by atoms with Gasteiger partial charge in [-0.3, -0.25) is 9.59 Å². The fraction of sp³-hybridized carbons (Fsp3) is 0.667. The van der Waals surface area contributed by atoms with Crippen molar-refractivity contribution in [2.75, 3.05) is 30.3 Å². The number of aromatic nitrogens is 1. The van der Waals surface area contributed by atoms with Crippen LogP contribution in [-0.2, 0) is 14.8 Å². The molecule has 3 heterocycles. The van der Waals surface area contributed by atoms with Crippen LogP contribution in [0.15, 0.2) is 16.9 Å². The molecule has 0 unspecified atom stereocenters. The zero-order valence-corrected chi connectivity index (χ0v) is 25.6. The number of hydrogen-bond acceptors (Lipinski definition) is 5. The molecular weight excluding hydrogens is 569 g/mol. The Morgan fingerprint density at radius 2 is 1.76 bits per heavy atom. The normalized spacial score (nSPS) is 20.5. The number of anilines is 1. The summed E-state index contributed by atoms with van der Waals surface area (Å²) in [6.07, 6.45) is 7.40. The minimum atomic E-state index is -3.16. The maximum absolute atomic E-state index is 15.7. The lowest BCUT2D eigenvalue weighted by Gasteiger charge is -2.32. The third kappa shape index (κ3) is 6.96. The van der Waals surface area contributed by atoms with Crippen molar-refractivity contribution in [3.8, 4) is 0 Å². The molecule has 4 rings (SSSR count). The average molecular weight is 613 g/mol. The number of aryl methyl sites for hydroxylation is 1. The van der Waals surface area contributed by atoms with E-state index in [1.54, 1.807) is 4.31 Å². The van der Waals surface area contributed by atoms with Crippen LogP contribution in [0.1, 0.15) is 83.6 Å². The number of sulfonamides is 1. The summed E-state index contributed by atoms with van der Waals surface area (Å²) in [5, 5.41) is 2.72. The molecular formula is C30H43F3N4O4S. The predicted octanol–water partition coefficient (Wildman–Crippen LogP) is 5.20. The third-order valence-corrected chi connectivity index (χ3v) is 10.9.